The Labute approximate surface area is 52.0 Å². The molecule has 5 heteroatoms. The first-order valence-corrected chi connectivity index (χ1v) is 2.33. The van der Waals surface area contributed by atoms with E-state index >= 15 is 0 Å². The van der Waals surface area contributed by atoms with Crippen LogP contribution in [0, 0.1) is 10.1 Å². The first-order valence-electron chi connectivity index (χ1n) is 2.33. The van der Waals surface area contributed by atoms with Crippen LogP contribution >= 0.6 is 0 Å². The van der Waals surface area contributed by atoms with Gasteiger partial charge in [-0.15, -0.1) is 0 Å². The number of hydrogen-bond donors (Lipinski definition) is 1. The van der Waals surface area contributed by atoms with Crippen LogP contribution in [0.15, 0.2) is 0 Å². The predicted molar refractivity (Wildman–Crippen MR) is 30.3 cm³/mol. The molecule has 0 aliphatic rings. The minimum atomic E-state index is -1.64. The third-order valence-corrected chi connectivity index (χ3v) is 1.06. The van der Waals surface area contributed by atoms with Crippen LogP contribution in [0.1, 0.15) is 13.8 Å². The Bertz CT molecular complexity index is 136. The van der Waals surface area contributed by atoms with Gasteiger partial charge in [0.25, 0.3) is 11.4 Å². The van der Waals surface area contributed by atoms with Crippen LogP contribution in [0.2, 0.25) is 0 Å². The molecule has 0 aromatic carbocycles. The molecule has 9 heavy (non-hydrogen) atoms. The van der Waals surface area contributed by atoms with E-state index in [4.69, 9.17) is 5.73 Å². The van der Waals surface area contributed by atoms with Gasteiger partial charge in [0.05, 0.1) is 0 Å². The highest BCUT2D eigenvalue weighted by molar-refractivity contribution is 5.82. The molecule has 0 rings (SSSR count). The summed E-state index contributed by atoms with van der Waals surface area (Å²) in [5.74, 6) is -0.924. The highest BCUT2D eigenvalue weighted by atomic mass is 16.6. The molecule has 0 spiro atoms. The summed E-state index contributed by atoms with van der Waals surface area (Å²) in [5, 5.41) is 9.97. The summed E-state index contributed by atoms with van der Waals surface area (Å²) in [4.78, 5) is 19.5. The third kappa shape index (κ3) is 1.38. The lowest BCUT2D eigenvalue weighted by molar-refractivity contribution is -0.542. The second-order valence-electron chi connectivity index (χ2n) is 2.18. The predicted octanol–water partition coefficient (Wildman–Crippen LogP) is -0.473. The van der Waals surface area contributed by atoms with Crippen LogP contribution in [0.5, 0.6) is 0 Å². The monoisotopic (exact) mass is 132 g/mol. The van der Waals surface area contributed by atoms with E-state index in [-0.39, 0.29) is 0 Å². The van der Waals surface area contributed by atoms with E-state index in [0.29, 0.717) is 0 Å². The van der Waals surface area contributed by atoms with Crippen molar-refractivity contribution in [3.63, 3.8) is 0 Å². The number of nitrogens with two attached hydrogens (primary N) is 1. The molecule has 0 atom stereocenters. The number of hydrogen-bond acceptors (Lipinski definition) is 3. The van der Waals surface area contributed by atoms with Gasteiger partial charge in [-0.1, -0.05) is 0 Å². The van der Waals surface area contributed by atoms with Crippen molar-refractivity contribution in [2.45, 2.75) is 19.4 Å². The molecular formula is C4H8N2O3. The summed E-state index contributed by atoms with van der Waals surface area (Å²) < 4.78 is 0. The lowest BCUT2D eigenvalue weighted by Crippen LogP contribution is -2.44. The molecule has 0 aromatic rings. The zero-order chi connectivity index (χ0) is 7.65. The minimum absolute atomic E-state index is 0.713. The molecule has 0 bridgehead atoms. The van der Waals surface area contributed by atoms with E-state index in [9.17, 15) is 14.9 Å². The Morgan fingerprint density at radius 2 is 2.00 bits per heavy atom. The molecule has 0 aliphatic heterocycles. The Balaban J connectivity index is 4.38. The average molecular weight is 132 g/mol. The van der Waals surface area contributed by atoms with Gasteiger partial charge in [0, 0.05) is 18.8 Å². The SMILES string of the molecule is CC(C)(C(N)=O)[N+](=O)[O-]. The molecule has 0 aliphatic carbocycles. The van der Waals surface area contributed by atoms with Gasteiger partial charge in [0.1, 0.15) is 0 Å². The van der Waals surface area contributed by atoms with E-state index < -0.39 is 16.4 Å². The van der Waals surface area contributed by atoms with Crippen LogP contribution in [-0.2, 0) is 4.79 Å². The molecule has 5 nitrogen and oxygen atoms in total. The maximum Gasteiger partial charge on any atom is 0.294 e. The number of rotatable bonds is 2. The van der Waals surface area contributed by atoms with Crippen LogP contribution < -0.4 is 5.73 Å². The molecule has 2 N–H and O–H groups in total. The molecule has 0 heterocycles. The van der Waals surface area contributed by atoms with Crippen molar-refractivity contribution in [3.8, 4) is 0 Å². The van der Waals surface area contributed by atoms with Crippen LogP contribution in [-0.4, -0.2) is 16.4 Å². The van der Waals surface area contributed by atoms with Gasteiger partial charge in [-0.25, -0.2) is 0 Å². The van der Waals surface area contributed by atoms with Crippen molar-refractivity contribution in [2.75, 3.05) is 0 Å². The van der Waals surface area contributed by atoms with Crippen molar-refractivity contribution in [1.29, 1.82) is 0 Å². The standard InChI is InChI=1S/C4H8N2O3/c1-4(2,3(5)7)6(8)9/h1-2H3,(H2,5,7). The zero-order valence-corrected chi connectivity index (χ0v) is 5.25. The lowest BCUT2D eigenvalue weighted by Gasteiger charge is -2.08. The van der Waals surface area contributed by atoms with E-state index in [1.807, 2.05) is 0 Å². The number of amides is 1. The van der Waals surface area contributed by atoms with Crippen LogP contribution in [0.25, 0.3) is 0 Å². The molecule has 0 aromatic heterocycles. The number of carbonyl (C=O) groups is 1. The first-order chi connectivity index (χ1) is 3.89. The zero-order valence-electron chi connectivity index (χ0n) is 5.25. The van der Waals surface area contributed by atoms with E-state index in [2.05, 4.69) is 0 Å². The fourth-order valence-corrected chi connectivity index (χ4v) is 0.0900. The summed E-state index contributed by atoms with van der Waals surface area (Å²) >= 11 is 0. The summed E-state index contributed by atoms with van der Waals surface area (Å²) in [6.07, 6.45) is 0. The second kappa shape index (κ2) is 2.00. The van der Waals surface area contributed by atoms with Gasteiger partial charge in [0.15, 0.2) is 0 Å². The molecular weight excluding hydrogens is 124 g/mol. The summed E-state index contributed by atoms with van der Waals surface area (Å²) in [7, 11) is 0. The Hall–Kier alpha value is -1.13. The van der Waals surface area contributed by atoms with E-state index in [0.717, 1.165) is 13.8 Å². The number of carbonyl (C=O) groups excluding carboxylic acids is 1. The Morgan fingerprint density at radius 1 is 1.67 bits per heavy atom. The maximum absolute atomic E-state index is 10.2. The van der Waals surface area contributed by atoms with Crippen molar-refractivity contribution in [3.05, 3.63) is 10.1 Å². The highest BCUT2D eigenvalue weighted by Crippen LogP contribution is 2.04. The van der Waals surface area contributed by atoms with Crippen molar-refractivity contribution in [1.82, 2.24) is 0 Å². The quantitative estimate of drug-likeness (QED) is 0.407. The van der Waals surface area contributed by atoms with Gasteiger partial charge in [-0.05, 0) is 0 Å². The minimum Gasteiger partial charge on any atom is -0.363 e. The maximum atomic E-state index is 10.2. The fraction of sp³-hybridized carbons (Fsp3) is 0.750. The topological polar surface area (TPSA) is 86.2 Å². The van der Waals surface area contributed by atoms with Crippen molar-refractivity contribution >= 4 is 5.91 Å². The smallest absolute Gasteiger partial charge is 0.294 e. The second-order valence-corrected chi connectivity index (χ2v) is 2.18. The number of nitro groups is 1. The highest BCUT2D eigenvalue weighted by Gasteiger charge is 2.37. The van der Waals surface area contributed by atoms with E-state index in [1.165, 1.54) is 0 Å². The first kappa shape index (κ1) is 7.87. The van der Waals surface area contributed by atoms with Gasteiger partial charge < -0.3 is 5.73 Å². The van der Waals surface area contributed by atoms with Crippen LogP contribution in [0.3, 0.4) is 0 Å². The number of primary amides is 1. The van der Waals surface area contributed by atoms with Crippen molar-refractivity contribution < 1.29 is 9.72 Å². The number of nitrogens with zero attached hydrogens (tertiary/aromatic N) is 1. The molecule has 0 unspecified atom stereocenters. The average Bonchev–Trinajstić information content (AvgIpc) is 1.65. The summed E-state index contributed by atoms with van der Waals surface area (Å²) in [6.45, 7) is 2.32. The molecule has 1 amide bonds. The molecule has 0 fully saturated rings. The Morgan fingerprint density at radius 3 is 2.00 bits per heavy atom. The molecule has 0 saturated heterocycles. The van der Waals surface area contributed by atoms with Crippen molar-refractivity contribution in [2.24, 2.45) is 5.73 Å². The van der Waals surface area contributed by atoms with Crippen LogP contribution in [0.4, 0.5) is 0 Å². The molecule has 0 saturated carbocycles. The third-order valence-electron chi connectivity index (χ3n) is 1.06. The van der Waals surface area contributed by atoms with Gasteiger partial charge in [-0.3, -0.25) is 14.9 Å². The van der Waals surface area contributed by atoms with Gasteiger partial charge >= 0.3 is 0 Å². The van der Waals surface area contributed by atoms with Gasteiger partial charge in [-0.2, -0.15) is 0 Å². The normalized spacial score (nSPS) is 10.9. The largest absolute Gasteiger partial charge is 0.363 e. The molecule has 0 radical (unpaired) electrons. The molecule has 52 valence electrons. The lowest BCUT2D eigenvalue weighted by atomic mass is 10.1. The fourth-order valence-electron chi connectivity index (χ4n) is 0.0900. The summed E-state index contributed by atoms with van der Waals surface area (Å²) in [6, 6.07) is 0. The summed E-state index contributed by atoms with van der Waals surface area (Å²) in [5.41, 5.74) is 3.05. The van der Waals surface area contributed by atoms with Gasteiger partial charge in [0.2, 0.25) is 0 Å². The Kier molecular flexibility index (Phi) is 1.75. The van der Waals surface area contributed by atoms with E-state index in [1.54, 1.807) is 0 Å².